The highest BCUT2D eigenvalue weighted by Gasteiger charge is 2.02. The molecule has 112 valence electrons. The summed E-state index contributed by atoms with van der Waals surface area (Å²) in [5.74, 6) is 0.720. The van der Waals surface area contributed by atoms with Crippen LogP contribution in [0, 0.1) is 0 Å². The van der Waals surface area contributed by atoms with Gasteiger partial charge in [-0.15, -0.1) is 24.0 Å². The first-order valence-corrected chi connectivity index (χ1v) is 6.46. The van der Waals surface area contributed by atoms with Crippen molar-refractivity contribution in [3.8, 4) is 0 Å². The molecule has 0 heterocycles. The van der Waals surface area contributed by atoms with Crippen LogP contribution in [0.5, 0.6) is 0 Å². The number of nitrogens with one attached hydrogen (secondary N) is 3. The van der Waals surface area contributed by atoms with Gasteiger partial charge in [0.15, 0.2) is 5.96 Å². The van der Waals surface area contributed by atoms with E-state index in [0.717, 1.165) is 24.5 Å². The number of rotatable bonds is 5. The van der Waals surface area contributed by atoms with E-state index >= 15 is 0 Å². The third-order valence-corrected chi connectivity index (χ3v) is 2.67. The maximum Gasteiger partial charge on any atom is 0.251 e. The lowest BCUT2D eigenvalue weighted by Gasteiger charge is -2.11. The average molecular weight is 390 g/mol. The van der Waals surface area contributed by atoms with Crippen LogP contribution >= 0.6 is 24.0 Å². The first-order chi connectivity index (χ1) is 9.21. The highest BCUT2D eigenvalue weighted by Crippen LogP contribution is 2.04. The van der Waals surface area contributed by atoms with Crippen molar-refractivity contribution in [3.63, 3.8) is 0 Å². The van der Waals surface area contributed by atoms with Gasteiger partial charge in [-0.25, -0.2) is 0 Å². The summed E-state index contributed by atoms with van der Waals surface area (Å²) in [5, 5.41) is 9.02. The first-order valence-electron chi connectivity index (χ1n) is 6.46. The molecule has 0 atom stereocenters. The molecule has 3 N–H and O–H groups in total. The van der Waals surface area contributed by atoms with Crippen LogP contribution in [0.4, 0.5) is 0 Å². The molecule has 0 spiro atoms. The molecule has 1 rings (SSSR count). The second-order valence-corrected chi connectivity index (χ2v) is 4.13. The Kier molecular flexibility index (Phi) is 9.79. The van der Waals surface area contributed by atoms with Crippen molar-refractivity contribution in [2.75, 3.05) is 20.6 Å². The number of benzene rings is 1. The summed E-state index contributed by atoms with van der Waals surface area (Å²) in [7, 11) is 3.38. The summed E-state index contributed by atoms with van der Waals surface area (Å²) in [6, 6.07) is 7.51. The smallest absolute Gasteiger partial charge is 0.251 e. The number of carbonyl (C=O) groups excluding carboxylic acids is 1. The van der Waals surface area contributed by atoms with Gasteiger partial charge >= 0.3 is 0 Å². The Balaban J connectivity index is 0.00000361. The van der Waals surface area contributed by atoms with Crippen LogP contribution in [-0.2, 0) is 6.54 Å². The van der Waals surface area contributed by atoms with Gasteiger partial charge in [-0.05, 0) is 24.1 Å². The molecule has 0 unspecified atom stereocenters. The van der Waals surface area contributed by atoms with Crippen LogP contribution in [0.15, 0.2) is 29.3 Å². The van der Waals surface area contributed by atoms with Crippen LogP contribution in [0.1, 0.15) is 29.3 Å². The van der Waals surface area contributed by atoms with Gasteiger partial charge in [-0.2, -0.15) is 0 Å². The van der Waals surface area contributed by atoms with E-state index in [1.54, 1.807) is 14.1 Å². The van der Waals surface area contributed by atoms with E-state index in [2.05, 4.69) is 27.9 Å². The summed E-state index contributed by atoms with van der Waals surface area (Å²) in [6.07, 6.45) is 1.06. The number of hydrogen-bond donors (Lipinski definition) is 3. The summed E-state index contributed by atoms with van der Waals surface area (Å²) in [5.41, 5.74) is 1.77. The predicted octanol–water partition coefficient (Wildman–Crippen LogP) is 1.74. The monoisotopic (exact) mass is 390 g/mol. The minimum absolute atomic E-state index is 0. The Morgan fingerprint density at radius 2 is 1.85 bits per heavy atom. The summed E-state index contributed by atoms with van der Waals surface area (Å²) < 4.78 is 0. The lowest BCUT2D eigenvalue weighted by molar-refractivity contribution is 0.0963. The van der Waals surface area contributed by atoms with Gasteiger partial charge in [0.2, 0.25) is 0 Å². The molecule has 0 saturated carbocycles. The predicted molar refractivity (Wildman–Crippen MR) is 93.7 cm³/mol. The Morgan fingerprint density at radius 3 is 2.35 bits per heavy atom. The highest BCUT2D eigenvalue weighted by molar-refractivity contribution is 14.0. The lowest BCUT2D eigenvalue weighted by Crippen LogP contribution is -2.37. The van der Waals surface area contributed by atoms with Gasteiger partial charge in [0.05, 0.1) is 0 Å². The Labute approximate surface area is 137 Å². The summed E-state index contributed by atoms with van der Waals surface area (Å²) in [4.78, 5) is 15.5. The molecule has 0 aliphatic carbocycles. The van der Waals surface area contributed by atoms with E-state index < -0.39 is 0 Å². The normalized spacial score (nSPS) is 10.4. The minimum Gasteiger partial charge on any atom is -0.356 e. The standard InChI is InChI=1S/C14H22N4O.HI/c1-4-9-17-14(16-3)18-10-11-5-7-12(8-6-11)13(19)15-2;/h5-8H,4,9-10H2,1-3H3,(H,15,19)(H2,16,17,18);1H. The van der Waals surface area contributed by atoms with Gasteiger partial charge in [0.25, 0.3) is 5.91 Å². The molecule has 1 amide bonds. The molecule has 0 saturated heterocycles. The van der Waals surface area contributed by atoms with Gasteiger partial charge in [-0.1, -0.05) is 19.1 Å². The molecule has 0 aromatic heterocycles. The van der Waals surface area contributed by atoms with E-state index in [9.17, 15) is 4.79 Å². The molecule has 0 bridgehead atoms. The van der Waals surface area contributed by atoms with Crippen LogP contribution in [0.2, 0.25) is 0 Å². The number of nitrogens with zero attached hydrogens (tertiary/aromatic N) is 1. The molecule has 0 aliphatic heterocycles. The molecule has 0 radical (unpaired) electrons. The van der Waals surface area contributed by atoms with Crippen LogP contribution in [0.3, 0.4) is 0 Å². The zero-order chi connectivity index (χ0) is 14.1. The van der Waals surface area contributed by atoms with Gasteiger partial charge in [-0.3, -0.25) is 9.79 Å². The molecule has 0 aliphatic rings. The first kappa shape index (κ1) is 18.7. The molecular weight excluding hydrogens is 367 g/mol. The van der Waals surface area contributed by atoms with Gasteiger partial charge in [0.1, 0.15) is 0 Å². The fourth-order valence-electron chi connectivity index (χ4n) is 1.57. The number of guanidine groups is 1. The van der Waals surface area contributed by atoms with Crippen LogP contribution < -0.4 is 16.0 Å². The molecule has 6 heteroatoms. The van der Waals surface area contributed by atoms with E-state index in [4.69, 9.17) is 0 Å². The van der Waals surface area contributed by atoms with E-state index in [0.29, 0.717) is 12.1 Å². The van der Waals surface area contributed by atoms with Crippen molar-refractivity contribution in [1.82, 2.24) is 16.0 Å². The van der Waals surface area contributed by atoms with Crippen molar-refractivity contribution in [2.45, 2.75) is 19.9 Å². The zero-order valence-electron chi connectivity index (χ0n) is 12.2. The third kappa shape index (κ3) is 6.23. The summed E-state index contributed by atoms with van der Waals surface area (Å²) >= 11 is 0. The van der Waals surface area contributed by atoms with Gasteiger partial charge in [0, 0.05) is 32.7 Å². The molecule has 1 aromatic carbocycles. The topological polar surface area (TPSA) is 65.5 Å². The van der Waals surface area contributed by atoms with E-state index in [-0.39, 0.29) is 29.9 Å². The SMILES string of the molecule is CCCNC(=NC)NCc1ccc(C(=O)NC)cc1.I. The Morgan fingerprint density at radius 1 is 1.20 bits per heavy atom. The van der Waals surface area contributed by atoms with Crippen molar-refractivity contribution >= 4 is 35.8 Å². The maximum absolute atomic E-state index is 11.4. The van der Waals surface area contributed by atoms with Crippen molar-refractivity contribution < 1.29 is 4.79 Å². The number of amides is 1. The molecule has 0 fully saturated rings. The lowest BCUT2D eigenvalue weighted by atomic mass is 10.1. The molecular formula is C14H23IN4O. The maximum atomic E-state index is 11.4. The Hall–Kier alpha value is -1.31. The zero-order valence-corrected chi connectivity index (χ0v) is 14.5. The molecule has 5 nitrogen and oxygen atoms in total. The number of hydrogen-bond acceptors (Lipinski definition) is 2. The number of halogens is 1. The fourth-order valence-corrected chi connectivity index (χ4v) is 1.57. The van der Waals surface area contributed by atoms with Crippen molar-refractivity contribution in [1.29, 1.82) is 0 Å². The van der Waals surface area contributed by atoms with Crippen molar-refractivity contribution in [3.05, 3.63) is 35.4 Å². The van der Waals surface area contributed by atoms with Crippen molar-refractivity contribution in [2.24, 2.45) is 4.99 Å². The fraction of sp³-hybridized carbons (Fsp3) is 0.429. The molecule has 1 aromatic rings. The van der Waals surface area contributed by atoms with Crippen LogP contribution in [-0.4, -0.2) is 32.5 Å². The third-order valence-electron chi connectivity index (χ3n) is 2.67. The highest BCUT2D eigenvalue weighted by atomic mass is 127. The second kappa shape index (κ2) is 10.5. The van der Waals surface area contributed by atoms with E-state index in [1.165, 1.54) is 0 Å². The Bertz CT molecular complexity index is 431. The van der Waals surface area contributed by atoms with Gasteiger partial charge < -0.3 is 16.0 Å². The quantitative estimate of drug-likeness (QED) is 0.408. The van der Waals surface area contributed by atoms with Crippen LogP contribution in [0.25, 0.3) is 0 Å². The molecule has 20 heavy (non-hydrogen) atoms. The largest absolute Gasteiger partial charge is 0.356 e. The number of aliphatic imine (C=N–C) groups is 1. The van der Waals surface area contributed by atoms with E-state index in [1.807, 2.05) is 24.3 Å². The summed E-state index contributed by atoms with van der Waals surface area (Å²) in [6.45, 7) is 3.68. The second-order valence-electron chi connectivity index (χ2n) is 4.13. The average Bonchev–Trinajstić information content (AvgIpc) is 2.47. The number of carbonyl (C=O) groups is 1. The minimum atomic E-state index is -0.0695.